The van der Waals surface area contributed by atoms with Crippen LogP contribution < -0.4 is 4.90 Å². The van der Waals surface area contributed by atoms with Gasteiger partial charge in [0.05, 0.1) is 0 Å². The molecule has 5 rings (SSSR count). The van der Waals surface area contributed by atoms with E-state index < -0.39 is 5.41 Å². The number of carbonyl (C=O) groups is 2. The Labute approximate surface area is 174 Å². The first-order chi connectivity index (χ1) is 13.6. The topological polar surface area (TPSA) is 37.4 Å². The third-order valence-corrected chi connectivity index (χ3v) is 7.56. The Balaban J connectivity index is 1.62. The van der Waals surface area contributed by atoms with Gasteiger partial charge >= 0.3 is 0 Å². The van der Waals surface area contributed by atoms with E-state index in [-0.39, 0.29) is 17.6 Å². The van der Waals surface area contributed by atoms with Gasteiger partial charge in [-0.15, -0.1) is 0 Å². The maximum Gasteiger partial charge on any atom is 0.148 e. The summed E-state index contributed by atoms with van der Waals surface area (Å²) in [6.07, 6.45) is 4.27. The van der Waals surface area contributed by atoms with Crippen molar-refractivity contribution in [3.05, 3.63) is 64.1 Å². The fourth-order valence-corrected chi connectivity index (χ4v) is 6.05. The molecule has 2 fully saturated rings. The molecule has 1 aliphatic carbocycles. The fraction of sp³-hybridized carbons (Fsp3) is 0.417. The number of benzene rings is 2. The number of anilines is 1. The highest BCUT2D eigenvalue weighted by molar-refractivity contribution is 9.10. The number of nitrogens with zero attached hydrogens (tertiary/aromatic N) is 1. The van der Waals surface area contributed by atoms with Crippen LogP contribution in [0.15, 0.2) is 53.0 Å². The summed E-state index contributed by atoms with van der Waals surface area (Å²) in [5.74, 6) is 0.734. The number of hydrogen-bond donors (Lipinski definition) is 0. The molecular weight excluding hydrogens is 414 g/mol. The Bertz CT molecular complexity index is 923. The highest BCUT2D eigenvalue weighted by Crippen LogP contribution is 2.51. The summed E-state index contributed by atoms with van der Waals surface area (Å²) in [6, 6.07) is 16.8. The molecule has 28 heavy (non-hydrogen) atoms. The highest BCUT2D eigenvalue weighted by Gasteiger charge is 2.58. The van der Waals surface area contributed by atoms with Crippen LogP contribution in [0.3, 0.4) is 0 Å². The zero-order chi connectivity index (χ0) is 19.3. The van der Waals surface area contributed by atoms with Gasteiger partial charge in [-0.3, -0.25) is 9.59 Å². The second-order valence-corrected chi connectivity index (χ2v) is 9.38. The van der Waals surface area contributed by atoms with Gasteiger partial charge in [0.1, 0.15) is 17.0 Å². The first kappa shape index (κ1) is 18.1. The van der Waals surface area contributed by atoms with Gasteiger partial charge in [-0.2, -0.15) is 0 Å². The second kappa shape index (κ2) is 6.84. The molecule has 2 aliphatic heterocycles. The SMILES string of the molecule is O=C1CCCC(=O)C12Cc1ccc(Br)cc1N1CC[C@@H](c3ccccc3)C[C@H]12. The van der Waals surface area contributed by atoms with Gasteiger partial charge < -0.3 is 4.90 Å². The molecule has 1 spiro atoms. The first-order valence-electron chi connectivity index (χ1n) is 10.3. The van der Waals surface area contributed by atoms with Gasteiger partial charge in [0.15, 0.2) is 0 Å². The lowest BCUT2D eigenvalue weighted by Gasteiger charge is -2.54. The molecule has 2 heterocycles. The monoisotopic (exact) mass is 437 g/mol. The Morgan fingerprint density at radius 1 is 1.00 bits per heavy atom. The normalized spacial score (nSPS) is 26.1. The van der Waals surface area contributed by atoms with E-state index in [9.17, 15) is 9.59 Å². The molecule has 1 saturated carbocycles. The lowest BCUT2D eigenvalue weighted by atomic mass is 9.58. The van der Waals surface area contributed by atoms with Crippen molar-refractivity contribution >= 4 is 33.2 Å². The molecule has 2 aromatic rings. The van der Waals surface area contributed by atoms with Crippen molar-refractivity contribution in [2.24, 2.45) is 5.41 Å². The number of piperidine rings is 1. The molecule has 0 aromatic heterocycles. The van der Waals surface area contributed by atoms with Gasteiger partial charge in [0.25, 0.3) is 0 Å². The summed E-state index contributed by atoms with van der Waals surface area (Å²) in [5.41, 5.74) is 2.81. The summed E-state index contributed by atoms with van der Waals surface area (Å²) < 4.78 is 1.05. The molecule has 2 aromatic carbocycles. The predicted molar refractivity (Wildman–Crippen MR) is 114 cm³/mol. The van der Waals surface area contributed by atoms with Crippen molar-refractivity contribution in [2.75, 3.05) is 11.4 Å². The minimum Gasteiger partial charge on any atom is -0.367 e. The van der Waals surface area contributed by atoms with Gasteiger partial charge in [0, 0.05) is 35.6 Å². The van der Waals surface area contributed by atoms with E-state index in [4.69, 9.17) is 0 Å². The Kier molecular flexibility index (Phi) is 4.42. The van der Waals surface area contributed by atoms with Crippen molar-refractivity contribution in [3.8, 4) is 0 Å². The summed E-state index contributed by atoms with van der Waals surface area (Å²) in [4.78, 5) is 29.0. The summed E-state index contributed by atoms with van der Waals surface area (Å²) in [5, 5.41) is 0. The van der Waals surface area contributed by atoms with Crippen LogP contribution in [0.25, 0.3) is 0 Å². The zero-order valence-electron chi connectivity index (χ0n) is 15.9. The molecule has 0 bridgehead atoms. The lowest BCUT2D eigenvalue weighted by molar-refractivity contribution is -0.146. The van der Waals surface area contributed by atoms with Crippen LogP contribution in [-0.4, -0.2) is 24.2 Å². The largest absolute Gasteiger partial charge is 0.367 e. The van der Waals surface area contributed by atoms with Crippen LogP contribution in [-0.2, 0) is 16.0 Å². The summed E-state index contributed by atoms with van der Waals surface area (Å²) in [6.45, 7) is 0.885. The third kappa shape index (κ3) is 2.68. The van der Waals surface area contributed by atoms with Crippen molar-refractivity contribution in [2.45, 2.75) is 50.5 Å². The van der Waals surface area contributed by atoms with E-state index in [1.807, 2.05) is 12.1 Å². The van der Waals surface area contributed by atoms with Crippen LogP contribution >= 0.6 is 15.9 Å². The quantitative estimate of drug-likeness (QED) is 0.584. The lowest BCUT2D eigenvalue weighted by Crippen LogP contribution is -2.63. The maximum absolute atomic E-state index is 13.3. The standard InChI is InChI=1S/C24H24BrNO2/c25-19-10-9-18-15-24(22(27)7-4-8-23(24)28)21-13-17(16-5-2-1-3-6-16)11-12-26(21)20(18)14-19/h1-3,5-6,9-10,14,17,21H,4,7-8,11-13,15H2/t17-,21+/m1/s1. The summed E-state index contributed by atoms with van der Waals surface area (Å²) in [7, 11) is 0. The van der Waals surface area contributed by atoms with Gasteiger partial charge in [0.2, 0.25) is 0 Å². The molecule has 4 heteroatoms. The van der Waals surface area contributed by atoms with Crippen LogP contribution in [0.4, 0.5) is 5.69 Å². The number of halogens is 1. The molecule has 1 saturated heterocycles. The first-order valence-corrected chi connectivity index (χ1v) is 11.1. The molecule has 0 N–H and O–H groups in total. The molecular formula is C24H24BrNO2. The van der Waals surface area contributed by atoms with Crippen molar-refractivity contribution < 1.29 is 9.59 Å². The average Bonchev–Trinajstić information content (AvgIpc) is 2.72. The molecule has 2 atom stereocenters. The van der Waals surface area contributed by atoms with Gasteiger partial charge in [-0.1, -0.05) is 52.3 Å². The van der Waals surface area contributed by atoms with Crippen LogP contribution in [0, 0.1) is 5.41 Å². The fourth-order valence-electron chi connectivity index (χ4n) is 5.70. The number of ketones is 2. The molecule has 0 amide bonds. The number of rotatable bonds is 1. The smallest absolute Gasteiger partial charge is 0.148 e. The molecule has 3 aliphatic rings. The predicted octanol–water partition coefficient (Wildman–Crippen LogP) is 5.07. The highest BCUT2D eigenvalue weighted by atomic mass is 79.9. The van der Waals surface area contributed by atoms with E-state index in [0.29, 0.717) is 31.6 Å². The van der Waals surface area contributed by atoms with Crippen LogP contribution in [0.2, 0.25) is 0 Å². The van der Waals surface area contributed by atoms with E-state index >= 15 is 0 Å². The molecule has 0 radical (unpaired) electrons. The minimum atomic E-state index is -0.855. The Morgan fingerprint density at radius 3 is 2.50 bits per heavy atom. The maximum atomic E-state index is 13.3. The number of Topliss-reactive ketones (excluding diaryl/α,β-unsaturated/α-hetero) is 2. The summed E-state index contributed by atoms with van der Waals surface area (Å²) >= 11 is 3.61. The van der Waals surface area contributed by atoms with E-state index in [0.717, 1.165) is 29.4 Å². The van der Waals surface area contributed by atoms with Gasteiger partial charge in [-0.25, -0.2) is 0 Å². The van der Waals surface area contributed by atoms with Crippen molar-refractivity contribution in [1.29, 1.82) is 0 Å². The number of hydrogen-bond acceptors (Lipinski definition) is 3. The molecule has 0 unspecified atom stereocenters. The van der Waals surface area contributed by atoms with Crippen LogP contribution in [0.1, 0.15) is 49.1 Å². The zero-order valence-corrected chi connectivity index (χ0v) is 17.5. The molecule has 3 nitrogen and oxygen atoms in total. The van der Waals surface area contributed by atoms with E-state index in [1.165, 1.54) is 11.3 Å². The van der Waals surface area contributed by atoms with Crippen molar-refractivity contribution in [3.63, 3.8) is 0 Å². The van der Waals surface area contributed by atoms with E-state index in [2.05, 4.69) is 57.2 Å². The van der Waals surface area contributed by atoms with Crippen molar-refractivity contribution in [1.82, 2.24) is 0 Å². The molecule has 144 valence electrons. The number of carbonyl (C=O) groups excluding carboxylic acids is 2. The third-order valence-electron chi connectivity index (χ3n) is 7.07. The average molecular weight is 438 g/mol. The van der Waals surface area contributed by atoms with Gasteiger partial charge in [-0.05, 0) is 54.9 Å². The second-order valence-electron chi connectivity index (χ2n) is 8.46. The number of fused-ring (bicyclic) bond motifs is 4. The Morgan fingerprint density at radius 2 is 1.75 bits per heavy atom. The minimum absolute atomic E-state index is 0.0337. The van der Waals surface area contributed by atoms with Crippen LogP contribution in [0.5, 0.6) is 0 Å². The van der Waals surface area contributed by atoms with E-state index in [1.54, 1.807) is 0 Å². The Hall–Kier alpha value is -1.94.